The van der Waals surface area contributed by atoms with E-state index < -0.39 is 5.60 Å². The molecule has 1 fully saturated rings. The average Bonchev–Trinajstić information content (AvgIpc) is 2.90. The van der Waals surface area contributed by atoms with Crippen molar-refractivity contribution in [3.8, 4) is 0 Å². The number of halogens is 2. The van der Waals surface area contributed by atoms with Crippen LogP contribution in [0.5, 0.6) is 0 Å². The number of benzene rings is 1. The molecule has 4 nitrogen and oxygen atoms in total. The third-order valence-corrected chi connectivity index (χ3v) is 4.44. The van der Waals surface area contributed by atoms with Crippen LogP contribution in [0.25, 0.3) is 0 Å². The highest BCUT2D eigenvalue weighted by atomic mass is 35.5. The van der Waals surface area contributed by atoms with Gasteiger partial charge in [0.2, 0.25) is 0 Å². The Kier molecular flexibility index (Phi) is 5.25. The van der Waals surface area contributed by atoms with Gasteiger partial charge in [-0.3, -0.25) is 0 Å². The zero-order chi connectivity index (χ0) is 14.0. The van der Waals surface area contributed by atoms with Crippen molar-refractivity contribution >= 4 is 24.0 Å². The van der Waals surface area contributed by atoms with E-state index in [-0.39, 0.29) is 18.4 Å². The van der Waals surface area contributed by atoms with Gasteiger partial charge in [-0.1, -0.05) is 43.0 Å². The second kappa shape index (κ2) is 6.77. The molecule has 1 N–H and O–H groups in total. The Morgan fingerprint density at radius 3 is 2.62 bits per heavy atom. The fraction of sp³-hybridized carbons (Fsp3) is 0.467. The molecule has 0 aliphatic heterocycles. The van der Waals surface area contributed by atoms with E-state index in [0.717, 1.165) is 37.7 Å². The molecule has 1 saturated carbocycles. The molecule has 2 atom stereocenters. The van der Waals surface area contributed by atoms with Crippen LogP contribution in [0.15, 0.2) is 36.9 Å². The van der Waals surface area contributed by atoms with Crippen LogP contribution in [0, 0.1) is 0 Å². The highest BCUT2D eigenvalue weighted by Gasteiger charge is 2.40. The fourth-order valence-corrected chi connectivity index (χ4v) is 3.24. The van der Waals surface area contributed by atoms with Crippen LogP contribution in [0.2, 0.25) is 5.02 Å². The largest absolute Gasteiger partial charge is 0.383 e. The van der Waals surface area contributed by atoms with Gasteiger partial charge in [0, 0.05) is 5.02 Å². The lowest BCUT2D eigenvalue weighted by Gasteiger charge is -2.35. The van der Waals surface area contributed by atoms with E-state index in [2.05, 4.69) is 10.1 Å². The van der Waals surface area contributed by atoms with Crippen LogP contribution < -0.4 is 0 Å². The fourth-order valence-electron chi connectivity index (χ4n) is 3.12. The Morgan fingerprint density at radius 2 is 1.95 bits per heavy atom. The molecule has 1 aliphatic rings. The number of aromatic nitrogens is 3. The van der Waals surface area contributed by atoms with E-state index in [1.807, 2.05) is 24.3 Å². The minimum absolute atomic E-state index is 0. The maximum absolute atomic E-state index is 11.3. The lowest BCUT2D eigenvalue weighted by atomic mass is 9.82. The molecule has 1 aromatic heterocycles. The van der Waals surface area contributed by atoms with Gasteiger partial charge in [0.25, 0.3) is 0 Å². The van der Waals surface area contributed by atoms with Gasteiger partial charge in [0.05, 0.1) is 6.04 Å². The van der Waals surface area contributed by atoms with Crippen LogP contribution in [-0.4, -0.2) is 19.9 Å². The first-order chi connectivity index (χ1) is 9.70. The molecule has 1 aliphatic carbocycles. The number of rotatable bonds is 2. The molecule has 3 rings (SSSR count). The van der Waals surface area contributed by atoms with Gasteiger partial charge in [0.15, 0.2) is 0 Å². The number of hydrogen-bond acceptors (Lipinski definition) is 3. The molecule has 2 unspecified atom stereocenters. The van der Waals surface area contributed by atoms with Crippen molar-refractivity contribution in [2.24, 2.45) is 0 Å². The standard InChI is InChI=1S/C15H18ClN3O.ClH/c16-13-7-5-12(6-8-13)15(20)9-3-1-2-4-14(15)19-11-17-10-18-19;/h5-8,10-11,14,20H,1-4,9H2;1H. The molecule has 0 amide bonds. The second-order valence-electron chi connectivity index (χ2n) is 5.42. The van der Waals surface area contributed by atoms with Gasteiger partial charge >= 0.3 is 0 Å². The van der Waals surface area contributed by atoms with Crippen molar-refractivity contribution in [3.05, 3.63) is 47.5 Å². The lowest BCUT2D eigenvalue weighted by molar-refractivity contribution is -0.0286. The van der Waals surface area contributed by atoms with Gasteiger partial charge in [-0.25, -0.2) is 9.67 Å². The predicted octanol–water partition coefficient (Wildman–Crippen LogP) is 3.75. The summed E-state index contributed by atoms with van der Waals surface area (Å²) in [6.45, 7) is 0. The van der Waals surface area contributed by atoms with Crippen LogP contribution in [0.4, 0.5) is 0 Å². The third kappa shape index (κ3) is 3.23. The molecule has 0 radical (unpaired) electrons. The highest BCUT2D eigenvalue weighted by molar-refractivity contribution is 6.30. The first-order valence-corrected chi connectivity index (χ1v) is 7.40. The summed E-state index contributed by atoms with van der Waals surface area (Å²) in [5, 5.41) is 16.2. The van der Waals surface area contributed by atoms with Crippen molar-refractivity contribution in [2.75, 3.05) is 0 Å². The molecular weight excluding hydrogens is 309 g/mol. The highest BCUT2D eigenvalue weighted by Crippen LogP contribution is 2.43. The zero-order valence-electron chi connectivity index (χ0n) is 11.7. The summed E-state index contributed by atoms with van der Waals surface area (Å²) in [5.74, 6) is 0. The van der Waals surface area contributed by atoms with Gasteiger partial charge in [0.1, 0.15) is 18.3 Å². The molecule has 1 aromatic carbocycles. The van der Waals surface area contributed by atoms with Crippen LogP contribution in [-0.2, 0) is 5.60 Å². The molecule has 114 valence electrons. The zero-order valence-corrected chi connectivity index (χ0v) is 13.2. The Bertz CT molecular complexity index is 559. The SMILES string of the molecule is Cl.OC1(c2ccc(Cl)cc2)CCCCCC1n1cncn1. The molecule has 21 heavy (non-hydrogen) atoms. The van der Waals surface area contributed by atoms with E-state index >= 15 is 0 Å². The van der Waals surface area contributed by atoms with E-state index in [1.54, 1.807) is 11.0 Å². The van der Waals surface area contributed by atoms with E-state index in [9.17, 15) is 5.11 Å². The molecule has 0 saturated heterocycles. The van der Waals surface area contributed by atoms with E-state index in [0.29, 0.717) is 5.02 Å². The molecule has 0 spiro atoms. The second-order valence-corrected chi connectivity index (χ2v) is 5.86. The van der Waals surface area contributed by atoms with E-state index in [1.165, 1.54) is 6.33 Å². The summed E-state index contributed by atoms with van der Waals surface area (Å²) in [6, 6.07) is 7.42. The Morgan fingerprint density at radius 1 is 1.19 bits per heavy atom. The van der Waals surface area contributed by atoms with E-state index in [4.69, 9.17) is 11.6 Å². The minimum atomic E-state index is -0.908. The molecule has 6 heteroatoms. The summed E-state index contributed by atoms with van der Waals surface area (Å²) in [7, 11) is 0. The first kappa shape index (κ1) is 16.3. The molecule has 1 heterocycles. The van der Waals surface area contributed by atoms with Crippen molar-refractivity contribution < 1.29 is 5.11 Å². The van der Waals surface area contributed by atoms with Gasteiger partial charge in [-0.2, -0.15) is 5.10 Å². The van der Waals surface area contributed by atoms with Crippen molar-refractivity contribution in [1.82, 2.24) is 14.8 Å². The number of hydrogen-bond donors (Lipinski definition) is 1. The monoisotopic (exact) mass is 327 g/mol. The topological polar surface area (TPSA) is 50.9 Å². The smallest absolute Gasteiger partial charge is 0.137 e. The summed E-state index contributed by atoms with van der Waals surface area (Å²) in [5.41, 5.74) is -0.00119. The van der Waals surface area contributed by atoms with Crippen molar-refractivity contribution in [3.63, 3.8) is 0 Å². The summed E-state index contributed by atoms with van der Waals surface area (Å²) >= 11 is 5.95. The van der Waals surface area contributed by atoms with Crippen LogP contribution in [0.1, 0.15) is 43.7 Å². The van der Waals surface area contributed by atoms with Crippen LogP contribution >= 0.6 is 24.0 Å². The minimum Gasteiger partial charge on any atom is -0.383 e. The number of nitrogens with zero attached hydrogens (tertiary/aromatic N) is 3. The summed E-state index contributed by atoms with van der Waals surface area (Å²) in [6.07, 6.45) is 8.11. The summed E-state index contributed by atoms with van der Waals surface area (Å²) in [4.78, 5) is 4.02. The van der Waals surface area contributed by atoms with Crippen LogP contribution in [0.3, 0.4) is 0 Å². The maximum atomic E-state index is 11.3. The molecule has 0 bridgehead atoms. The molecular formula is C15H19Cl2N3O. The number of aliphatic hydroxyl groups is 1. The van der Waals surface area contributed by atoms with Gasteiger partial charge < -0.3 is 5.11 Å². The first-order valence-electron chi connectivity index (χ1n) is 7.03. The Balaban J connectivity index is 0.00000161. The lowest BCUT2D eigenvalue weighted by Crippen LogP contribution is -2.36. The van der Waals surface area contributed by atoms with Crippen molar-refractivity contribution in [2.45, 2.75) is 43.7 Å². The van der Waals surface area contributed by atoms with Crippen molar-refractivity contribution in [1.29, 1.82) is 0 Å². The Labute approximate surface area is 135 Å². The predicted molar refractivity (Wildman–Crippen MR) is 84.7 cm³/mol. The van der Waals surface area contributed by atoms with Gasteiger partial charge in [-0.05, 0) is 30.5 Å². The van der Waals surface area contributed by atoms with Gasteiger partial charge in [-0.15, -0.1) is 12.4 Å². The maximum Gasteiger partial charge on any atom is 0.137 e. The third-order valence-electron chi connectivity index (χ3n) is 4.19. The summed E-state index contributed by atoms with van der Waals surface area (Å²) < 4.78 is 1.79. The quantitative estimate of drug-likeness (QED) is 0.854. The average molecular weight is 328 g/mol. The molecule has 2 aromatic rings. The normalized spacial score (nSPS) is 25.9. The Hall–Kier alpha value is -1.10.